The lowest BCUT2D eigenvalue weighted by Crippen LogP contribution is -2.04. The van der Waals surface area contributed by atoms with Gasteiger partial charge in [0.05, 0.1) is 25.2 Å². The van der Waals surface area contributed by atoms with E-state index in [-0.39, 0.29) is 12.4 Å². The molecule has 0 atom stereocenters. The van der Waals surface area contributed by atoms with Crippen molar-refractivity contribution in [3.63, 3.8) is 0 Å². The van der Waals surface area contributed by atoms with E-state index in [1.165, 1.54) is 7.11 Å². The van der Waals surface area contributed by atoms with Gasteiger partial charge in [0.15, 0.2) is 0 Å². The monoisotopic (exact) mass is 282 g/mol. The van der Waals surface area contributed by atoms with Crippen molar-refractivity contribution < 1.29 is 9.53 Å². The molecule has 0 bridgehead atoms. The van der Waals surface area contributed by atoms with Gasteiger partial charge in [0.25, 0.3) is 0 Å². The summed E-state index contributed by atoms with van der Waals surface area (Å²) in [5, 5.41) is 4.20. The number of halogens is 1. The van der Waals surface area contributed by atoms with E-state index in [1.54, 1.807) is 10.7 Å². The number of fused-ring (bicyclic) bond motifs is 1. The molecule has 2 aromatic heterocycles. The zero-order chi connectivity index (χ0) is 11.7. The summed E-state index contributed by atoms with van der Waals surface area (Å²) in [6, 6.07) is 1.93. The maximum Gasteiger partial charge on any atom is 0.310 e. The number of ether oxygens (including phenoxy) is 1. The molecular formula is C11H11BrN2O2. The van der Waals surface area contributed by atoms with Gasteiger partial charge in [-0.25, -0.2) is 4.52 Å². The van der Waals surface area contributed by atoms with Crippen LogP contribution >= 0.6 is 15.9 Å². The first-order valence-corrected chi connectivity index (χ1v) is 5.61. The molecular weight excluding hydrogens is 272 g/mol. The largest absolute Gasteiger partial charge is 0.469 e. The van der Waals surface area contributed by atoms with E-state index in [0.717, 1.165) is 21.1 Å². The number of hydrogen-bond donors (Lipinski definition) is 0. The van der Waals surface area contributed by atoms with Crippen molar-refractivity contribution in [3.8, 4) is 0 Å². The van der Waals surface area contributed by atoms with E-state index in [1.807, 2.05) is 19.2 Å². The summed E-state index contributed by atoms with van der Waals surface area (Å²) in [7, 11) is 1.39. The van der Waals surface area contributed by atoms with Crippen LogP contribution in [0.15, 0.2) is 22.9 Å². The summed E-state index contributed by atoms with van der Waals surface area (Å²) in [6.45, 7) is 1.99. The van der Waals surface area contributed by atoms with E-state index in [4.69, 9.17) is 0 Å². The molecule has 0 spiro atoms. The minimum atomic E-state index is -0.255. The second-order valence-corrected chi connectivity index (χ2v) is 4.36. The van der Waals surface area contributed by atoms with Crippen molar-refractivity contribution in [1.82, 2.24) is 9.61 Å². The minimum Gasteiger partial charge on any atom is -0.469 e. The van der Waals surface area contributed by atoms with E-state index < -0.39 is 0 Å². The number of carbonyl (C=O) groups excluding carboxylic acids is 1. The number of pyridine rings is 1. The summed E-state index contributed by atoms with van der Waals surface area (Å²) < 4.78 is 7.42. The molecule has 2 aromatic rings. The molecule has 2 rings (SSSR count). The van der Waals surface area contributed by atoms with Crippen LogP contribution in [0.5, 0.6) is 0 Å². The van der Waals surface area contributed by atoms with Gasteiger partial charge in [-0.2, -0.15) is 5.10 Å². The zero-order valence-corrected chi connectivity index (χ0v) is 10.6. The molecule has 2 heterocycles. The predicted molar refractivity (Wildman–Crippen MR) is 63.3 cm³/mol. The highest BCUT2D eigenvalue weighted by molar-refractivity contribution is 9.10. The molecule has 0 N–H and O–H groups in total. The summed E-state index contributed by atoms with van der Waals surface area (Å²) >= 11 is 3.46. The molecule has 0 saturated carbocycles. The van der Waals surface area contributed by atoms with Gasteiger partial charge in [-0.15, -0.1) is 0 Å². The molecule has 0 aliphatic rings. The molecule has 0 fully saturated rings. The standard InChI is InChI=1S/C11H11BrN2O2/c1-7-9(12)3-4-14-11(7)8(6-13-14)5-10(15)16-2/h3-4,6H,5H2,1-2H3. The number of aryl methyl sites for hydroxylation is 1. The van der Waals surface area contributed by atoms with Crippen LogP contribution in [0.1, 0.15) is 11.1 Å². The van der Waals surface area contributed by atoms with Gasteiger partial charge in [-0.1, -0.05) is 15.9 Å². The summed E-state index contributed by atoms with van der Waals surface area (Å²) in [4.78, 5) is 11.2. The third kappa shape index (κ3) is 1.82. The maximum absolute atomic E-state index is 11.2. The highest BCUT2D eigenvalue weighted by atomic mass is 79.9. The second kappa shape index (κ2) is 4.25. The van der Waals surface area contributed by atoms with Crippen LogP contribution in [0.2, 0.25) is 0 Å². The zero-order valence-electron chi connectivity index (χ0n) is 9.03. The van der Waals surface area contributed by atoms with Crippen LogP contribution in [-0.4, -0.2) is 22.7 Å². The molecule has 0 aliphatic heterocycles. The lowest BCUT2D eigenvalue weighted by molar-refractivity contribution is -0.139. The number of hydrogen-bond acceptors (Lipinski definition) is 3. The fourth-order valence-electron chi connectivity index (χ4n) is 1.65. The third-order valence-corrected chi connectivity index (χ3v) is 3.37. The first-order valence-electron chi connectivity index (χ1n) is 4.81. The van der Waals surface area contributed by atoms with Crippen LogP contribution in [0.4, 0.5) is 0 Å². The highest BCUT2D eigenvalue weighted by Crippen LogP contribution is 2.23. The second-order valence-electron chi connectivity index (χ2n) is 3.50. The Bertz CT molecular complexity index is 548. The van der Waals surface area contributed by atoms with Gasteiger partial charge in [-0.3, -0.25) is 4.79 Å². The van der Waals surface area contributed by atoms with Crippen LogP contribution in [0.3, 0.4) is 0 Å². The molecule has 0 unspecified atom stereocenters. The molecule has 0 aromatic carbocycles. The Labute approximate surface area is 101 Å². The van der Waals surface area contributed by atoms with Gasteiger partial charge in [0.2, 0.25) is 0 Å². The SMILES string of the molecule is COC(=O)Cc1cnn2ccc(Br)c(C)c12. The van der Waals surface area contributed by atoms with E-state index >= 15 is 0 Å². The molecule has 4 nitrogen and oxygen atoms in total. The Morgan fingerprint density at radius 3 is 3.06 bits per heavy atom. The summed E-state index contributed by atoms with van der Waals surface area (Å²) in [5.74, 6) is -0.255. The minimum absolute atomic E-state index is 0.247. The lowest BCUT2D eigenvalue weighted by Gasteiger charge is -2.03. The van der Waals surface area contributed by atoms with Gasteiger partial charge >= 0.3 is 5.97 Å². The van der Waals surface area contributed by atoms with E-state index in [2.05, 4.69) is 25.8 Å². The van der Waals surface area contributed by atoms with Crippen molar-refractivity contribution in [1.29, 1.82) is 0 Å². The molecule has 16 heavy (non-hydrogen) atoms. The Balaban J connectivity index is 2.54. The van der Waals surface area contributed by atoms with Gasteiger partial charge in [0, 0.05) is 16.2 Å². The molecule has 0 saturated heterocycles. The van der Waals surface area contributed by atoms with E-state index in [9.17, 15) is 4.79 Å². The first-order chi connectivity index (χ1) is 7.63. The Kier molecular flexibility index (Phi) is 2.96. The molecule has 0 aliphatic carbocycles. The van der Waals surface area contributed by atoms with Gasteiger partial charge in [0.1, 0.15) is 0 Å². The first kappa shape index (κ1) is 11.1. The average molecular weight is 283 g/mol. The third-order valence-electron chi connectivity index (χ3n) is 2.51. The van der Waals surface area contributed by atoms with Crippen LogP contribution in [-0.2, 0) is 16.0 Å². The van der Waals surface area contributed by atoms with Crippen molar-refractivity contribution in [2.75, 3.05) is 7.11 Å². The number of carbonyl (C=O) groups is 1. The average Bonchev–Trinajstić information content (AvgIpc) is 2.67. The maximum atomic E-state index is 11.2. The molecule has 0 radical (unpaired) electrons. The Morgan fingerprint density at radius 1 is 1.62 bits per heavy atom. The van der Waals surface area contributed by atoms with Crippen LogP contribution in [0, 0.1) is 6.92 Å². The van der Waals surface area contributed by atoms with E-state index in [0.29, 0.717) is 0 Å². The summed E-state index contributed by atoms with van der Waals surface area (Å²) in [6.07, 6.45) is 3.80. The van der Waals surface area contributed by atoms with Gasteiger partial charge in [-0.05, 0) is 18.6 Å². The van der Waals surface area contributed by atoms with Crippen molar-refractivity contribution in [2.45, 2.75) is 13.3 Å². The predicted octanol–water partition coefficient (Wildman–Crippen LogP) is 2.12. The topological polar surface area (TPSA) is 43.6 Å². The summed E-state index contributed by atoms with van der Waals surface area (Å²) in [5.41, 5.74) is 2.91. The fourth-order valence-corrected chi connectivity index (χ4v) is 1.96. The number of methoxy groups -OCH3 is 1. The molecule has 0 amide bonds. The van der Waals surface area contributed by atoms with Gasteiger partial charge < -0.3 is 4.74 Å². The Morgan fingerprint density at radius 2 is 2.38 bits per heavy atom. The number of nitrogens with zero attached hydrogens (tertiary/aromatic N) is 2. The van der Waals surface area contributed by atoms with Crippen molar-refractivity contribution >= 4 is 27.4 Å². The number of rotatable bonds is 2. The highest BCUT2D eigenvalue weighted by Gasteiger charge is 2.12. The molecule has 5 heteroatoms. The molecule has 84 valence electrons. The van der Waals surface area contributed by atoms with Crippen LogP contribution < -0.4 is 0 Å². The lowest BCUT2D eigenvalue weighted by atomic mass is 10.1. The van der Waals surface area contributed by atoms with Crippen molar-refractivity contribution in [3.05, 3.63) is 34.1 Å². The smallest absolute Gasteiger partial charge is 0.310 e. The normalized spacial score (nSPS) is 10.7. The quantitative estimate of drug-likeness (QED) is 0.793. The van der Waals surface area contributed by atoms with Crippen molar-refractivity contribution in [2.24, 2.45) is 0 Å². The van der Waals surface area contributed by atoms with Crippen LogP contribution in [0.25, 0.3) is 5.52 Å². The number of aromatic nitrogens is 2. The fraction of sp³-hybridized carbons (Fsp3) is 0.273. The Hall–Kier alpha value is -1.36. The number of esters is 1.